The molecule has 1 aromatic heterocycles. The van der Waals surface area contributed by atoms with Crippen molar-refractivity contribution in [3.63, 3.8) is 0 Å². The second kappa shape index (κ2) is 4.09. The molecule has 1 aromatic carbocycles. The highest BCUT2D eigenvalue weighted by molar-refractivity contribution is 5.80. The minimum atomic E-state index is -0.647. The van der Waals surface area contributed by atoms with Gasteiger partial charge in [-0.25, -0.2) is 0 Å². The number of piperidine rings is 1. The maximum atomic E-state index is 11.2. The van der Waals surface area contributed by atoms with Gasteiger partial charge in [0, 0.05) is 24.3 Å². The van der Waals surface area contributed by atoms with Gasteiger partial charge in [-0.2, -0.15) is 0 Å². The van der Waals surface area contributed by atoms with Crippen molar-refractivity contribution in [3.05, 3.63) is 36.0 Å². The van der Waals surface area contributed by atoms with E-state index in [9.17, 15) is 5.11 Å². The SMILES string of the molecule is OC1(c2ccc3[nH]ccc3c2)CCN2CCCCC21. The van der Waals surface area contributed by atoms with E-state index in [0.29, 0.717) is 6.04 Å². The van der Waals surface area contributed by atoms with E-state index < -0.39 is 5.60 Å². The number of H-pyrrole nitrogens is 1. The molecule has 2 atom stereocenters. The van der Waals surface area contributed by atoms with Crippen LogP contribution in [0.4, 0.5) is 0 Å². The Hall–Kier alpha value is -1.32. The molecule has 19 heavy (non-hydrogen) atoms. The van der Waals surface area contributed by atoms with E-state index in [1.165, 1.54) is 18.2 Å². The summed E-state index contributed by atoms with van der Waals surface area (Å²) in [5, 5.41) is 12.4. The summed E-state index contributed by atoms with van der Waals surface area (Å²) < 4.78 is 0. The molecular formula is C16H20N2O. The first-order valence-corrected chi connectivity index (χ1v) is 7.31. The van der Waals surface area contributed by atoms with E-state index in [-0.39, 0.29) is 0 Å². The van der Waals surface area contributed by atoms with Crippen LogP contribution in [0.1, 0.15) is 31.2 Å². The van der Waals surface area contributed by atoms with Crippen molar-refractivity contribution in [1.82, 2.24) is 9.88 Å². The summed E-state index contributed by atoms with van der Waals surface area (Å²) in [7, 11) is 0. The first kappa shape index (κ1) is 11.5. The molecule has 100 valence electrons. The highest BCUT2D eigenvalue weighted by atomic mass is 16.3. The lowest BCUT2D eigenvalue weighted by molar-refractivity contribution is -0.0137. The number of nitrogens with zero attached hydrogens (tertiary/aromatic N) is 1. The van der Waals surface area contributed by atoms with Crippen LogP contribution >= 0.6 is 0 Å². The first-order chi connectivity index (χ1) is 9.27. The third-order valence-corrected chi connectivity index (χ3v) is 5.00. The lowest BCUT2D eigenvalue weighted by Crippen LogP contribution is -2.45. The standard InChI is InChI=1S/C16H20N2O/c19-16(7-10-18-9-2-1-3-15(16)18)13-4-5-14-12(11-13)6-8-17-14/h4-6,8,11,15,17,19H,1-3,7,9-10H2. The fraction of sp³-hybridized carbons (Fsp3) is 0.500. The van der Waals surface area contributed by atoms with Crippen LogP contribution in [0, 0.1) is 0 Å². The number of hydrogen-bond acceptors (Lipinski definition) is 2. The van der Waals surface area contributed by atoms with Gasteiger partial charge < -0.3 is 10.1 Å². The largest absolute Gasteiger partial charge is 0.383 e. The number of rotatable bonds is 1. The maximum absolute atomic E-state index is 11.2. The lowest BCUT2D eigenvalue weighted by Gasteiger charge is -2.37. The minimum Gasteiger partial charge on any atom is -0.383 e. The van der Waals surface area contributed by atoms with E-state index in [0.717, 1.165) is 37.0 Å². The molecule has 4 rings (SSSR count). The molecule has 2 fully saturated rings. The molecule has 2 unspecified atom stereocenters. The van der Waals surface area contributed by atoms with Crippen LogP contribution in [0.2, 0.25) is 0 Å². The van der Waals surface area contributed by atoms with Gasteiger partial charge in [-0.3, -0.25) is 4.90 Å². The van der Waals surface area contributed by atoms with Crippen LogP contribution in [-0.4, -0.2) is 34.1 Å². The zero-order valence-corrected chi connectivity index (χ0v) is 11.1. The topological polar surface area (TPSA) is 39.3 Å². The van der Waals surface area contributed by atoms with E-state index in [2.05, 4.69) is 34.1 Å². The normalized spacial score (nSPS) is 31.7. The fourth-order valence-corrected chi connectivity index (χ4v) is 3.94. The first-order valence-electron chi connectivity index (χ1n) is 7.31. The van der Waals surface area contributed by atoms with Gasteiger partial charge in [0.25, 0.3) is 0 Å². The summed E-state index contributed by atoms with van der Waals surface area (Å²) in [6, 6.07) is 8.74. The quantitative estimate of drug-likeness (QED) is 0.823. The molecule has 3 heteroatoms. The van der Waals surface area contributed by atoms with E-state index in [4.69, 9.17) is 0 Å². The molecule has 2 saturated heterocycles. The smallest absolute Gasteiger partial charge is 0.106 e. The Morgan fingerprint density at radius 1 is 1.21 bits per heavy atom. The average molecular weight is 256 g/mol. The van der Waals surface area contributed by atoms with Gasteiger partial charge in [0.2, 0.25) is 0 Å². The number of hydrogen-bond donors (Lipinski definition) is 2. The third kappa shape index (κ3) is 1.65. The number of aliphatic hydroxyl groups is 1. The van der Waals surface area contributed by atoms with Gasteiger partial charge in [-0.05, 0) is 55.0 Å². The van der Waals surface area contributed by atoms with E-state index >= 15 is 0 Å². The second-order valence-electron chi connectivity index (χ2n) is 6.00. The second-order valence-corrected chi connectivity index (χ2v) is 6.00. The molecule has 0 radical (unpaired) electrons. The van der Waals surface area contributed by atoms with Crippen molar-refractivity contribution in [2.24, 2.45) is 0 Å². The van der Waals surface area contributed by atoms with Crippen LogP contribution < -0.4 is 0 Å². The Morgan fingerprint density at radius 2 is 2.16 bits per heavy atom. The van der Waals surface area contributed by atoms with Gasteiger partial charge in [-0.15, -0.1) is 0 Å². The summed E-state index contributed by atoms with van der Waals surface area (Å²) in [6.45, 7) is 2.19. The molecule has 0 saturated carbocycles. The Labute approximate surface area is 113 Å². The fourth-order valence-electron chi connectivity index (χ4n) is 3.94. The van der Waals surface area contributed by atoms with Crippen LogP contribution in [0.3, 0.4) is 0 Å². The summed E-state index contributed by atoms with van der Waals surface area (Å²) in [6.07, 6.45) is 6.48. The van der Waals surface area contributed by atoms with Crippen molar-refractivity contribution >= 4 is 10.9 Å². The van der Waals surface area contributed by atoms with Gasteiger partial charge in [0.05, 0.1) is 0 Å². The maximum Gasteiger partial charge on any atom is 0.106 e. The average Bonchev–Trinajstić information content (AvgIpc) is 3.04. The Morgan fingerprint density at radius 3 is 3.11 bits per heavy atom. The molecule has 2 N–H and O–H groups in total. The molecule has 0 bridgehead atoms. The molecule has 0 aliphatic carbocycles. The van der Waals surface area contributed by atoms with Crippen LogP contribution in [0.25, 0.3) is 10.9 Å². The number of fused-ring (bicyclic) bond motifs is 2. The van der Waals surface area contributed by atoms with Crippen LogP contribution in [0.15, 0.2) is 30.5 Å². The highest BCUT2D eigenvalue weighted by Gasteiger charge is 2.47. The predicted octanol–water partition coefficient (Wildman–Crippen LogP) is 2.61. The van der Waals surface area contributed by atoms with E-state index in [1.54, 1.807) is 0 Å². The van der Waals surface area contributed by atoms with Crippen molar-refractivity contribution in [3.8, 4) is 0 Å². The van der Waals surface area contributed by atoms with Crippen molar-refractivity contribution in [2.45, 2.75) is 37.3 Å². The molecule has 0 amide bonds. The number of benzene rings is 1. The molecule has 2 aliphatic rings. The van der Waals surface area contributed by atoms with Crippen LogP contribution in [-0.2, 0) is 5.60 Å². The predicted molar refractivity (Wildman–Crippen MR) is 76.0 cm³/mol. The molecular weight excluding hydrogens is 236 g/mol. The highest BCUT2D eigenvalue weighted by Crippen LogP contribution is 2.42. The third-order valence-electron chi connectivity index (χ3n) is 5.00. The molecule has 2 aliphatic heterocycles. The van der Waals surface area contributed by atoms with Gasteiger partial charge in [0.15, 0.2) is 0 Å². The number of aromatic nitrogens is 1. The summed E-state index contributed by atoms with van der Waals surface area (Å²) >= 11 is 0. The van der Waals surface area contributed by atoms with Crippen molar-refractivity contribution < 1.29 is 5.11 Å². The minimum absolute atomic E-state index is 0.317. The molecule has 3 nitrogen and oxygen atoms in total. The van der Waals surface area contributed by atoms with Crippen molar-refractivity contribution in [2.75, 3.05) is 13.1 Å². The van der Waals surface area contributed by atoms with Gasteiger partial charge in [0.1, 0.15) is 5.60 Å². The van der Waals surface area contributed by atoms with Gasteiger partial charge >= 0.3 is 0 Å². The zero-order chi connectivity index (χ0) is 12.9. The van der Waals surface area contributed by atoms with E-state index in [1.807, 2.05) is 6.20 Å². The summed E-state index contributed by atoms with van der Waals surface area (Å²) in [5.74, 6) is 0. The van der Waals surface area contributed by atoms with Gasteiger partial charge in [-0.1, -0.05) is 12.5 Å². The summed E-state index contributed by atoms with van der Waals surface area (Å²) in [5.41, 5.74) is 1.59. The summed E-state index contributed by atoms with van der Waals surface area (Å²) in [4.78, 5) is 5.69. The Kier molecular flexibility index (Phi) is 2.47. The molecule has 3 heterocycles. The molecule has 0 spiro atoms. The Balaban J connectivity index is 1.76. The van der Waals surface area contributed by atoms with Crippen LogP contribution in [0.5, 0.6) is 0 Å². The van der Waals surface area contributed by atoms with Crippen molar-refractivity contribution in [1.29, 1.82) is 0 Å². The zero-order valence-electron chi connectivity index (χ0n) is 11.1. The Bertz CT molecular complexity index is 606. The lowest BCUT2D eigenvalue weighted by atomic mass is 9.82. The number of aromatic amines is 1. The molecule has 2 aromatic rings. The number of nitrogens with one attached hydrogen (secondary N) is 1. The monoisotopic (exact) mass is 256 g/mol.